The molecule has 14 heteroatoms. The summed E-state index contributed by atoms with van der Waals surface area (Å²) in [4.78, 5) is 40.3. The van der Waals surface area contributed by atoms with Crippen molar-refractivity contribution in [1.82, 2.24) is 29.9 Å². The standard InChI is InChI=1S/C35H35F3N6O5/c1-34(2,3)49-33(48)39-13-4-5-14-43-21-26(20-41-43)25-17-24-16-22(6-9-29(24)40-19-25)12-15-44-31(45)11-10-30(42-44)23-7-8-27(32(46)47)28(18-23)35(36,37)38/h6-11,16-21H,4-5,12-15H2,1-3H3,(H,39,48)(H,46,47). The first-order valence-electron chi connectivity index (χ1n) is 15.6. The number of benzene rings is 2. The zero-order valence-electron chi connectivity index (χ0n) is 27.1. The molecule has 0 fully saturated rings. The van der Waals surface area contributed by atoms with Gasteiger partial charge in [0, 0.05) is 60.2 Å². The number of fused-ring (bicyclic) bond motifs is 1. The van der Waals surface area contributed by atoms with Crippen LogP contribution >= 0.6 is 0 Å². The average Bonchev–Trinajstić information content (AvgIpc) is 3.51. The highest BCUT2D eigenvalue weighted by molar-refractivity contribution is 5.90. The molecule has 0 aliphatic carbocycles. The lowest BCUT2D eigenvalue weighted by molar-refractivity contribution is -0.138. The van der Waals surface area contributed by atoms with Crippen molar-refractivity contribution in [2.75, 3.05) is 6.54 Å². The number of hydrogen-bond donors (Lipinski definition) is 2. The van der Waals surface area contributed by atoms with Gasteiger partial charge in [0.25, 0.3) is 5.56 Å². The van der Waals surface area contributed by atoms with Crippen LogP contribution in [-0.4, -0.2) is 53.9 Å². The summed E-state index contributed by atoms with van der Waals surface area (Å²) >= 11 is 0. The Hall–Kier alpha value is -5.53. The Morgan fingerprint density at radius 2 is 1.71 bits per heavy atom. The molecular weight excluding hydrogens is 641 g/mol. The number of rotatable bonds is 11. The molecule has 1 amide bonds. The SMILES string of the molecule is CC(C)(C)OC(=O)NCCCCn1cc(-c2cnc3ccc(CCn4nc(-c5ccc(C(=O)O)c(C(F)(F)F)c5)ccc4=O)cc3c2)cn1. The Morgan fingerprint density at radius 3 is 2.45 bits per heavy atom. The molecule has 5 aromatic rings. The molecule has 11 nitrogen and oxygen atoms in total. The quantitative estimate of drug-likeness (QED) is 0.149. The highest BCUT2D eigenvalue weighted by Gasteiger charge is 2.35. The van der Waals surface area contributed by atoms with Crippen molar-refractivity contribution in [1.29, 1.82) is 0 Å². The first-order chi connectivity index (χ1) is 23.2. The summed E-state index contributed by atoms with van der Waals surface area (Å²) in [5.41, 5.74) is 0.451. The predicted molar refractivity (Wildman–Crippen MR) is 176 cm³/mol. The van der Waals surface area contributed by atoms with Crippen LogP contribution in [0.15, 0.2) is 78.0 Å². The lowest BCUT2D eigenvalue weighted by Gasteiger charge is -2.19. The van der Waals surface area contributed by atoms with Crippen molar-refractivity contribution >= 4 is 23.0 Å². The van der Waals surface area contributed by atoms with Crippen molar-refractivity contribution in [3.63, 3.8) is 0 Å². The minimum atomic E-state index is -4.88. The molecule has 256 valence electrons. The molecule has 0 radical (unpaired) electrons. The van der Waals surface area contributed by atoms with E-state index >= 15 is 0 Å². The number of nitrogens with zero attached hydrogens (tertiary/aromatic N) is 5. The number of unbranched alkanes of at least 4 members (excludes halogenated alkanes) is 1. The van der Waals surface area contributed by atoms with E-state index in [0.717, 1.165) is 52.6 Å². The van der Waals surface area contributed by atoms with Crippen LogP contribution in [0.3, 0.4) is 0 Å². The monoisotopic (exact) mass is 676 g/mol. The fourth-order valence-electron chi connectivity index (χ4n) is 5.16. The molecule has 0 unspecified atom stereocenters. The molecule has 3 aromatic heterocycles. The molecule has 5 rings (SSSR count). The molecule has 0 spiro atoms. The number of hydrogen-bond acceptors (Lipinski definition) is 7. The highest BCUT2D eigenvalue weighted by atomic mass is 19.4. The highest BCUT2D eigenvalue weighted by Crippen LogP contribution is 2.34. The van der Waals surface area contributed by atoms with Gasteiger partial charge in [-0.2, -0.15) is 23.4 Å². The van der Waals surface area contributed by atoms with Crippen LogP contribution in [0.25, 0.3) is 33.3 Å². The van der Waals surface area contributed by atoms with Gasteiger partial charge in [0.05, 0.1) is 28.5 Å². The Bertz CT molecular complexity index is 2050. The molecule has 2 aromatic carbocycles. The lowest BCUT2D eigenvalue weighted by atomic mass is 10.0. The van der Waals surface area contributed by atoms with Gasteiger partial charge >= 0.3 is 18.2 Å². The third-order valence-corrected chi connectivity index (χ3v) is 7.52. The van der Waals surface area contributed by atoms with E-state index in [9.17, 15) is 32.7 Å². The number of ether oxygens (including phenoxy) is 1. The van der Waals surface area contributed by atoms with Crippen LogP contribution in [0.2, 0.25) is 0 Å². The fraction of sp³-hybridized carbons (Fsp3) is 0.314. The van der Waals surface area contributed by atoms with Gasteiger partial charge in [-0.3, -0.25) is 14.5 Å². The predicted octanol–water partition coefficient (Wildman–Crippen LogP) is 6.59. The van der Waals surface area contributed by atoms with Gasteiger partial charge in [0.2, 0.25) is 0 Å². The fourth-order valence-corrected chi connectivity index (χ4v) is 5.16. The normalized spacial score (nSPS) is 11.9. The first kappa shape index (κ1) is 34.8. The minimum Gasteiger partial charge on any atom is -0.478 e. The van der Waals surface area contributed by atoms with Crippen LogP contribution in [-0.2, 0) is 30.4 Å². The van der Waals surface area contributed by atoms with Crippen molar-refractivity contribution in [2.45, 2.75) is 64.9 Å². The number of alkyl carbamates (subject to hydrolysis) is 1. The number of nitrogens with one attached hydrogen (secondary N) is 1. The summed E-state index contributed by atoms with van der Waals surface area (Å²) in [5.74, 6) is -1.69. The zero-order valence-corrected chi connectivity index (χ0v) is 27.1. The Balaban J connectivity index is 1.23. The number of carboxylic acids is 1. The van der Waals surface area contributed by atoms with Crippen molar-refractivity contribution in [3.05, 3.63) is 100 Å². The average molecular weight is 677 g/mol. The number of aromatic nitrogens is 5. The molecule has 3 heterocycles. The maximum Gasteiger partial charge on any atom is 0.417 e. The molecule has 49 heavy (non-hydrogen) atoms. The molecule has 0 aliphatic heterocycles. The van der Waals surface area contributed by atoms with E-state index in [4.69, 9.17) is 4.74 Å². The Kier molecular flexibility index (Phi) is 10.2. The number of carbonyl (C=O) groups is 2. The smallest absolute Gasteiger partial charge is 0.417 e. The van der Waals surface area contributed by atoms with Crippen molar-refractivity contribution < 1.29 is 32.6 Å². The summed E-state index contributed by atoms with van der Waals surface area (Å²) in [6.07, 6.45) is 2.14. The van der Waals surface area contributed by atoms with Gasteiger partial charge in [-0.25, -0.2) is 14.3 Å². The maximum atomic E-state index is 13.6. The van der Waals surface area contributed by atoms with Gasteiger partial charge in [-0.15, -0.1) is 0 Å². The van der Waals surface area contributed by atoms with E-state index in [2.05, 4.69) is 20.5 Å². The number of aryl methyl sites for hydroxylation is 3. The summed E-state index contributed by atoms with van der Waals surface area (Å²) < 4.78 is 48.9. The van der Waals surface area contributed by atoms with E-state index in [0.29, 0.717) is 19.5 Å². The molecule has 0 saturated heterocycles. The second kappa shape index (κ2) is 14.3. The van der Waals surface area contributed by atoms with E-state index < -0.39 is 40.5 Å². The summed E-state index contributed by atoms with van der Waals surface area (Å²) in [6, 6.07) is 13.1. The van der Waals surface area contributed by atoms with Crippen LogP contribution in [0, 0.1) is 0 Å². The van der Waals surface area contributed by atoms with Crippen LogP contribution in [0.1, 0.15) is 55.1 Å². The zero-order chi connectivity index (χ0) is 35.3. The number of alkyl halides is 3. The van der Waals surface area contributed by atoms with Crippen LogP contribution < -0.4 is 10.9 Å². The van der Waals surface area contributed by atoms with Crippen molar-refractivity contribution in [2.24, 2.45) is 0 Å². The number of pyridine rings is 1. The molecule has 0 saturated carbocycles. The topological polar surface area (TPSA) is 141 Å². The van der Waals surface area contributed by atoms with Crippen LogP contribution in [0.5, 0.6) is 0 Å². The number of aromatic carboxylic acids is 1. The van der Waals surface area contributed by atoms with Gasteiger partial charge in [0.15, 0.2) is 0 Å². The Labute approximate surface area is 279 Å². The minimum absolute atomic E-state index is 0.0360. The van der Waals surface area contributed by atoms with E-state index in [-0.39, 0.29) is 17.8 Å². The summed E-state index contributed by atoms with van der Waals surface area (Å²) in [6.45, 7) is 6.77. The summed E-state index contributed by atoms with van der Waals surface area (Å²) in [7, 11) is 0. The molecule has 2 N–H and O–H groups in total. The third kappa shape index (κ3) is 9.09. The molecular formula is C35H35F3N6O5. The van der Waals surface area contributed by atoms with Gasteiger partial charge < -0.3 is 15.2 Å². The molecule has 0 atom stereocenters. The first-order valence-corrected chi connectivity index (χ1v) is 15.6. The maximum absolute atomic E-state index is 13.6. The van der Waals surface area contributed by atoms with Gasteiger partial charge in [-0.05, 0) is 82.0 Å². The number of amides is 1. The van der Waals surface area contributed by atoms with E-state index in [1.54, 1.807) is 12.4 Å². The number of carboxylic acid groups (broad SMARTS) is 1. The van der Waals surface area contributed by atoms with Crippen LogP contribution in [0.4, 0.5) is 18.0 Å². The Morgan fingerprint density at radius 1 is 0.918 bits per heavy atom. The lowest BCUT2D eigenvalue weighted by Crippen LogP contribution is -2.33. The molecule has 0 bridgehead atoms. The number of halogens is 3. The third-order valence-electron chi connectivity index (χ3n) is 7.52. The van der Waals surface area contributed by atoms with E-state index in [1.165, 1.54) is 22.9 Å². The van der Waals surface area contributed by atoms with E-state index in [1.807, 2.05) is 55.9 Å². The largest absolute Gasteiger partial charge is 0.478 e. The van der Waals surface area contributed by atoms with Crippen molar-refractivity contribution in [3.8, 4) is 22.4 Å². The van der Waals surface area contributed by atoms with Gasteiger partial charge in [-0.1, -0.05) is 12.1 Å². The second-order valence-corrected chi connectivity index (χ2v) is 12.5. The second-order valence-electron chi connectivity index (χ2n) is 12.5. The number of carbonyl (C=O) groups excluding carboxylic acids is 1. The van der Waals surface area contributed by atoms with Gasteiger partial charge in [0.1, 0.15) is 5.60 Å². The summed E-state index contributed by atoms with van der Waals surface area (Å²) in [5, 5.41) is 21.5. The molecule has 0 aliphatic rings.